The van der Waals surface area contributed by atoms with E-state index < -0.39 is 0 Å². The van der Waals surface area contributed by atoms with Gasteiger partial charge in [-0.25, -0.2) is 9.97 Å². The summed E-state index contributed by atoms with van der Waals surface area (Å²) in [6.45, 7) is 9.17. The standard InChI is InChI=1S/C15H22IN5/c1-6-8-11-13(16)15(17-7-2)19-14(18-11)12-9(3)20-21(5)10(12)4/h6-8H2,1-5H3,(H,17,18,19). The maximum Gasteiger partial charge on any atom is 0.165 e. The minimum atomic E-state index is 0.776. The summed E-state index contributed by atoms with van der Waals surface area (Å²) in [5.74, 6) is 1.70. The second-order valence-electron chi connectivity index (χ2n) is 5.11. The molecule has 0 bridgehead atoms. The molecule has 2 aromatic heterocycles. The molecule has 0 aromatic carbocycles. The Kier molecular flexibility index (Phi) is 5.18. The largest absolute Gasteiger partial charge is 0.369 e. The summed E-state index contributed by atoms with van der Waals surface area (Å²) in [6.07, 6.45) is 2.04. The first-order chi connectivity index (χ1) is 9.99. The molecular weight excluding hydrogens is 377 g/mol. The molecule has 0 aliphatic heterocycles. The first kappa shape index (κ1) is 16.2. The van der Waals surface area contributed by atoms with Crippen molar-refractivity contribution in [2.45, 2.75) is 40.5 Å². The van der Waals surface area contributed by atoms with E-state index in [2.05, 4.69) is 53.8 Å². The van der Waals surface area contributed by atoms with Gasteiger partial charge in [0.1, 0.15) is 5.82 Å². The third kappa shape index (κ3) is 3.20. The van der Waals surface area contributed by atoms with Gasteiger partial charge in [0.25, 0.3) is 0 Å². The molecule has 114 valence electrons. The molecule has 0 unspecified atom stereocenters. The van der Waals surface area contributed by atoms with Gasteiger partial charge in [-0.3, -0.25) is 4.68 Å². The average molecular weight is 399 g/mol. The monoisotopic (exact) mass is 399 g/mol. The second kappa shape index (κ2) is 6.72. The van der Waals surface area contributed by atoms with Gasteiger partial charge in [-0.1, -0.05) is 13.3 Å². The van der Waals surface area contributed by atoms with Crippen LogP contribution in [-0.2, 0) is 13.5 Å². The fourth-order valence-corrected chi connectivity index (χ4v) is 3.09. The Morgan fingerprint density at radius 1 is 1.19 bits per heavy atom. The Morgan fingerprint density at radius 3 is 2.43 bits per heavy atom. The molecule has 0 radical (unpaired) electrons. The Balaban J connectivity index is 2.62. The molecule has 0 saturated carbocycles. The van der Waals surface area contributed by atoms with Crippen LogP contribution < -0.4 is 5.32 Å². The highest BCUT2D eigenvalue weighted by Gasteiger charge is 2.18. The zero-order chi connectivity index (χ0) is 15.6. The van der Waals surface area contributed by atoms with Gasteiger partial charge in [0.05, 0.1) is 20.5 Å². The number of aromatic nitrogens is 4. The topological polar surface area (TPSA) is 55.6 Å². The maximum absolute atomic E-state index is 4.80. The van der Waals surface area contributed by atoms with Gasteiger partial charge in [-0.15, -0.1) is 0 Å². The third-order valence-corrected chi connectivity index (χ3v) is 4.62. The van der Waals surface area contributed by atoms with E-state index in [0.29, 0.717) is 0 Å². The van der Waals surface area contributed by atoms with Gasteiger partial charge in [0.15, 0.2) is 5.82 Å². The summed E-state index contributed by atoms with van der Waals surface area (Å²) in [5.41, 5.74) is 4.23. The first-order valence-corrected chi connectivity index (χ1v) is 8.38. The smallest absolute Gasteiger partial charge is 0.165 e. The number of hydrogen-bond acceptors (Lipinski definition) is 4. The van der Waals surface area contributed by atoms with Crippen molar-refractivity contribution >= 4 is 28.4 Å². The van der Waals surface area contributed by atoms with E-state index in [-0.39, 0.29) is 0 Å². The lowest BCUT2D eigenvalue weighted by atomic mass is 10.1. The Bertz CT molecular complexity index is 621. The minimum Gasteiger partial charge on any atom is -0.369 e. The van der Waals surface area contributed by atoms with Crippen LogP contribution in [0.15, 0.2) is 0 Å². The number of anilines is 1. The zero-order valence-corrected chi connectivity index (χ0v) is 15.4. The molecule has 6 heteroatoms. The number of nitrogens with zero attached hydrogens (tertiary/aromatic N) is 4. The number of rotatable bonds is 5. The van der Waals surface area contributed by atoms with E-state index in [1.807, 2.05) is 18.7 Å². The summed E-state index contributed by atoms with van der Waals surface area (Å²) in [5, 5.41) is 7.82. The summed E-state index contributed by atoms with van der Waals surface area (Å²) in [6, 6.07) is 0. The highest BCUT2D eigenvalue weighted by molar-refractivity contribution is 14.1. The Labute approximate surface area is 139 Å². The summed E-state index contributed by atoms with van der Waals surface area (Å²) in [4.78, 5) is 9.53. The van der Waals surface area contributed by atoms with Crippen LogP contribution in [0.2, 0.25) is 0 Å². The predicted octanol–water partition coefficient (Wildman–Crippen LogP) is 3.48. The van der Waals surface area contributed by atoms with Crippen molar-refractivity contribution < 1.29 is 0 Å². The fraction of sp³-hybridized carbons (Fsp3) is 0.533. The summed E-state index contributed by atoms with van der Waals surface area (Å²) >= 11 is 2.34. The average Bonchev–Trinajstić information content (AvgIpc) is 2.68. The Hall–Kier alpha value is -1.18. The second-order valence-corrected chi connectivity index (χ2v) is 6.19. The van der Waals surface area contributed by atoms with Gasteiger partial charge in [-0.05, 0) is 49.8 Å². The van der Waals surface area contributed by atoms with Crippen molar-refractivity contribution in [3.05, 3.63) is 20.7 Å². The van der Waals surface area contributed by atoms with Crippen LogP contribution in [0.25, 0.3) is 11.4 Å². The van der Waals surface area contributed by atoms with Gasteiger partial charge in [-0.2, -0.15) is 5.10 Å². The van der Waals surface area contributed by atoms with Crippen molar-refractivity contribution in [3.63, 3.8) is 0 Å². The Morgan fingerprint density at radius 2 is 1.90 bits per heavy atom. The number of hydrogen-bond donors (Lipinski definition) is 1. The van der Waals surface area contributed by atoms with Crippen LogP contribution in [0, 0.1) is 17.4 Å². The highest BCUT2D eigenvalue weighted by atomic mass is 127. The molecule has 2 rings (SSSR count). The van der Waals surface area contributed by atoms with Crippen LogP contribution in [0.4, 0.5) is 5.82 Å². The van der Waals surface area contributed by atoms with Crippen molar-refractivity contribution in [1.29, 1.82) is 0 Å². The zero-order valence-electron chi connectivity index (χ0n) is 13.3. The van der Waals surface area contributed by atoms with Crippen LogP contribution in [0.1, 0.15) is 37.4 Å². The summed E-state index contributed by atoms with van der Waals surface area (Å²) in [7, 11) is 1.96. The lowest BCUT2D eigenvalue weighted by Crippen LogP contribution is -2.08. The molecule has 0 amide bonds. The first-order valence-electron chi connectivity index (χ1n) is 7.30. The van der Waals surface area contributed by atoms with Gasteiger partial charge in [0, 0.05) is 19.3 Å². The SMILES string of the molecule is CCCc1nc(-c2c(C)nn(C)c2C)nc(NCC)c1I. The van der Waals surface area contributed by atoms with Crippen LogP contribution in [-0.4, -0.2) is 26.3 Å². The van der Waals surface area contributed by atoms with Crippen molar-refractivity contribution in [1.82, 2.24) is 19.7 Å². The van der Waals surface area contributed by atoms with Crippen LogP contribution in [0.5, 0.6) is 0 Å². The molecule has 2 heterocycles. The molecule has 5 nitrogen and oxygen atoms in total. The van der Waals surface area contributed by atoms with E-state index in [4.69, 9.17) is 9.97 Å². The molecule has 1 N–H and O–H groups in total. The molecule has 0 atom stereocenters. The molecule has 0 fully saturated rings. The molecular formula is C15H22IN5. The van der Waals surface area contributed by atoms with E-state index in [1.54, 1.807) is 0 Å². The third-order valence-electron chi connectivity index (χ3n) is 3.48. The lowest BCUT2D eigenvalue weighted by molar-refractivity contribution is 0.731. The molecule has 21 heavy (non-hydrogen) atoms. The van der Waals surface area contributed by atoms with Crippen LogP contribution >= 0.6 is 22.6 Å². The molecule has 0 aliphatic carbocycles. The van der Waals surface area contributed by atoms with Gasteiger partial charge >= 0.3 is 0 Å². The van der Waals surface area contributed by atoms with E-state index >= 15 is 0 Å². The van der Waals surface area contributed by atoms with Gasteiger partial charge in [0.2, 0.25) is 0 Å². The molecule has 0 saturated heterocycles. The van der Waals surface area contributed by atoms with Crippen LogP contribution in [0.3, 0.4) is 0 Å². The van der Waals surface area contributed by atoms with Crippen molar-refractivity contribution in [2.75, 3.05) is 11.9 Å². The van der Waals surface area contributed by atoms with E-state index in [9.17, 15) is 0 Å². The summed E-state index contributed by atoms with van der Waals surface area (Å²) < 4.78 is 3.01. The van der Waals surface area contributed by atoms with E-state index in [1.165, 1.54) is 0 Å². The van der Waals surface area contributed by atoms with Crippen molar-refractivity contribution in [3.8, 4) is 11.4 Å². The fourth-order valence-electron chi connectivity index (χ4n) is 2.39. The van der Waals surface area contributed by atoms with Crippen molar-refractivity contribution in [2.24, 2.45) is 7.05 Å². The highest BCUT2D eigenvalue weighted by Crippen LogP contribution is 2.28. The van der Waals surface area contributed by atoms with Gasteiger partial charge < -0.3 is 5.32 Å². The predicted molar refractivity (Wildman–Crippen MR) is 94.6 cm³/mol. The lowest BCUT2D eigenvalue weighted by Gasteiger charge is -2.12. The normalized spacial score (nSPS) is 11.0. The molecule has 0 spiro atoms. The molecule has 0 aliphatic rings. The number of nitrogens with one attached hydrogen (secondary N) is 1. The number of aryl methyl sites for hydroxylation is 3. The molecule has 2 aromatic rings. The quantitative estimate of drug-likeness (QED) is 0.783. The number of halogens is 1. The minimum absolute atomic E-state index is 0.776. The maximum atomic E-state index is 4.80. The van der Waals surface area contributed by atoms with E-state index in [0.717, 1.165) is 57.2 Å².